The Labute approximate surface area is 162 Å². The first-order chi connectivity index (χ1) is 12.9. The largest absolute Gasteiger partial charge is 0.354 e. The molecule has 0 aliphatic carbocycles. The SMILES string of the molecule is O=C1CN(S(=O)(=O)c2cccc(C(=O)NCc3ccc(Cl)cc3)c2)CCN1. The maximum absolute atomic E-state index is 12.7. The average molecular weight is 408 g/mol. The summed E-state index contributed by atoms with van der Waals surface area (Å²) in [6.07, 6.45) is 0. The minimum absolute atomic E-state index is 0.0173. The molecule has 9 heteroatoms. The van der Waals surface area contributed by atoms with Gasteiger partial charge in [0.05, 0.1) is 11.4 Å². The number of halogens is 1. The third kappa shape index (κ3) is 4.65. The molecule has 142 valence electrons. The minimum Gasteiger partial charge on any atom is -0.354 e. The number of benzene rings is 2. The van der Waals surface area contributed by atoms with Crippen molar-refractivity contribution in [2.45, 2.75) is 11.4 Å². The van der Waals surface area contributed by atoms with Crippen molar-refractivity contribution in [3.8, 4) is 0 Å². The molecule has 1 aliphatic rings. The van der Waals surface area contributed by atoms with E-state index in [4.69, 9.17) is 11.6 Å². The van der Waals surface area contributed by atoms with Gasteiger partial charge in [-0.1, -0.05) is 29.8 Å². The zero-order valence-corrected chi connectivity index (χ0v) is 15.9. The Balaban J connectivity index is 1.73. The third-order valence-electron chi connectivity index (χ3n) is 4.10. The topological polar surface area (TPSA) is 95.6 Å². The van der Waals surface area contributed by atoms with Gasteiger partial charge < -0.3 is 10.6 Å². The van der Waals surface area contributed by atoms with E-state index in [-0.39, 0.29) is 36.0 Å². The molecule has 2 amide bonds. The smallest absolute Gasteiger partial charge is 0.251 e. The van der Waals surface area contributed by atoms with Crippen molar-refractivity contribution >= 4 is 33.4 Å². The van der Waals surface area contributed by atoms with Crippen LogP contribution >= 0.6 is 11.6 Å². The zero-order valence-electron chi connectivity index (χ0n) is 14.3. The Bertz CT molecular complexity index is 961. The van der Waals surface area contributed by atoms with E-state index in [1.54, 1.807) is 30.3 Å². The lowest BCUT2D eigenvalue weighted by Crippen LogP contribution is -2.49. The number of carbonyl (C=O) groups is 2. The molecular formula is C18H18ClN3O4S. The summed E-state index contributed by atoms with van der Waals surface area (Å²) < 4.78 is 26.5. The molecule has 0 unspecified atom stereocenters. The van der Waals surface area contributed by atoms with Crippen molar-refractivity contribution in [2.75, 3.05) is 19.6 Å². The van der Waals surface area contributed by atoms with E-state index in [0.29, 0.717) is 11.6 Å². The molecule has 3 rings (SSSR count). The second-order valence-electron chi connectivity index (χ2n) is 6.03. The van der Waals surface area contributed by atoms with Crippen LogP contribution in [0.2, 0.25) is 5.02 Å². The number of carbonyl (C=O) groups excluding carboxylic acids is 2. The fourth-order valence-corrected chi connectivity index (χ4v) is 4.22. The maximum atomic E-state index is 12.7. The number of nitrogens with one attached hydrogen (secondary N) is 2. The van der Waals surface area contributed by atoms with Gasteiger partial charge in [-0.3, -0.25) is 9.59 Å². The molecule has 0 atom stereocenters. The molecule has 7 nitrogen and oxygen atoms in total. The monoisotopic (exact) mass is 407 g/mol. The van der Waals surface area contributed by atoms with Gasteiger partial charge in [0.15, 0.2) is 0 Å². The van der Waals surface area contributed by atoms with Crippen molar-refractivity contribution in [1.82, 2.24) is 14.9 Å². The van der Waals surface area contributed by atoms with E-state index in [1.807, 2.05) is 0 Å². The molecule has 1 fully saturated rings. The van der Waals surface area contributed by atoms with E-state index in [1.165, 1.54) is 18.2 Å². The number of nitrogens with zero attached hydrogens (tertiary/aromatic N) is 1. The van der Waals surface area contributed by atoms with Crippen LogP contribution in [0.4, 0.5) is 0 Å². The Morgan fingerprint density at radius 1 is 1.19 bits per heavy atom. The normalized spacial score (nSPS) is 15.2. The van der Waals surface area contributed by atoms with Crippen LogP contribution in [-0.2, 0) is 21.4 Å². The van der Waals surface area contributed by atoms with E-state index >= 15 is 0 Å². The lowest BCUT2D eigenvalue weighted by Gasteiger charge is -2.26. The van der Waals surface area contributed by atoms with Crippen LogP contribution in [-0.4, -0.2) is 44.2 Å². The lowest BCUT2D eigenvalue weighted by molar-refractivity contribution is -0.122. The van der Waals surface area contributed by atoms with Crippen molar-refractivity contribution in [3.05, 3.63) is 64.7 Å². The summed E-state index contributed by atoms with van der Waals surface area (Å²) in [5.74, 6) is -0.736. The summed E-state index contributed by atoms with van der Waals surface area (Å²) in [4.78, 5) is 23.8. The van der Waals surface area contributed by atoms with Crippen LogP contribution < -0.4 is 10.6 Å². The fraction of sp³-hybridized carbons (Fsp3) is 0.222. The van der Waals surface area contributed by atoms with Gasteiger partial charge in [0.25, 0.3) is 5.91 Å². The highest BCUT2D eigenvalue weighted by atomic mass is 35.5. The van der Waals surface area contributed by atoms with Crippen molar-refractivity contribution in [1.29, 1.82) is 0 Å². The average Bonchev–Trinajstić information content (AvgIpc) is 2.67. The molecule has 0 spiro atoms. The van der Waals surface area contributed by atoms with E-state index in [2.05, 4.69) is 10.6 Å². The highest BCUT2D eigenvalue weighted by Crippen LogP contribution is 2.18. The quantitative estimate of drug-likeness (QED) is 0.782. The maximum Gasteiger partial charge on any atom is 0.251 e. The molecule has 2 aromatic carbocycles. The second kappa shape index (κ2) is 8.08. The van der Waals surface area contributed by atoms with Gasteiger partial charge in [-0.25, -0.2) is 8.42 Å². The lowest BCUT2D eigenvalue weighted by atomic mass is 10.2. The van der Waals surface area contributed by atoms with Gasteiger partial charge >= 0.3 is 0 Å². The number of hydrogen-bond acceptors (Lipinski definition) is 4. The summed E-state index contributed by atoms with van der Waals surface area (Å²) in [6, 6.07) is 12.8. The van der Waals surface area contributed by atoms with Crippen LogP contribution in [0, 0.1) is 0 Å². The number of rotatable bonds is 5. The Morgan fingerprint density at radius 2 is 1.93 bits per heavy atom. The second-order valence-corrected chi connectivity index (χ2v) is 8.40. The highest BCUT2D eigenvalue weighted by Gasteiger charge is 2.29. The van der Waals surface area contributed by atoms with Gasteiger partial charge in [0, 0.05) is 30.2 Å². The van der Waals surface area contributed by atoms with Crippen LogP contribution in [0.15, 0.2) is 53.4 Å². The van der Waals surface area contributed by atoms with Crippen LogP contribution in [0.5, 0.6) is 0 Å². The minimum atomic E-state index is -3.85. The van der Waals surface area contributed by atoms with Gasteiger partial charge in [0.1, 0.15) is 0 Å². The van der Waals surface area contributed by atoms with E-state index < -0.39 is 15.9 Å². The molecule has 0 saturated carbocycles. The predicted molar refractivity (Wildman–Crippen MR) is 101 cm³/mol. The fourth-order valence-electron chi connectivity index (χ4n) is 2.65. The summed E-state index contributed by atoms with van der Waals surface area (Å²) in [6.45, 7) is 0.523. The summed E-state index contributed by atoms with van der Waals surface area (Å²) in [5.41, 5.74) is 1.10. The zero-order chi connectivity index (χ0) is 19.4. The molecular weight excluding hydrogens is 390 g/mol. The molecule has 0 radical (unpaired) electrons. The van der Waals surface area contributed by atoms with Crippen LogP contribution in [0.1, 0.15) is 15.9 Å². The first-order valence-electron chi connectivity index (χ1n) is 8.26. The predicted octanol–water partition coefficient (Wildman–Crippen LogP) is 1.39. The summed E-state index contributed by atoms with van der Waals surface area (Å²) >= 11 is 5.83. The van der Waals surface area contributed by atoms with Gasteiger partial charge in [-0.05, 0) is 35.9 Å². The number of amides is 2. The standard InChI is InChI=1S/C18H18ClN3O4S/c19-15-6-4-13(5-7-15)11-21-18(24)14-2-1-3-16(10-14)27(25,26)22-9-8-20-17(23)12-22/h1-7,10H,8-9,11-12H2,(H,20,23)(H,21,24). The van der Waals surface area contributed by atoms with Gasteiger partial charge in [0.2, 0.25) is 15.9 Å². The van der Waals surface area contributed by atoms with E-state index in [9.17, 15) is 18.0 Å². The highest BCUT2D eigenvalue weighted by molar-refractivity contribution is 7.89. The van der Waals surface area contributed by atoms with Crippen LogP contribution in [0.3, 0.4) is 0 Å². The number of sulfonamides is 1. The molecule has 0 aromatic heterocycles. The van der Waals surface area contributed by atoms with E-state index in [0.717, 1.165) is 9.87 Å². The Kier molecular flexibility index (Phi) is 5.79. The summed E-state index contributed by atoms with van der Waals surface area (Å²) in [7, 11) is -3.85. The molecule has 1 aliphatic heterocycles. The molecule has 2 aromatic rings. The molecule has 0 bridgehead atoms. The third-order valence-corrected chi connectivity index (χ3v) is 6.20. The first-order valence-corrected chi connectivity index (χ1v) is 10.1. The molecule has 2 N–H and O–H groups in total. The Hall–Kier alpha value is -2.42. The number of piperazine rings is 1. The Morgan fingerprint density at radius 3 is 2.63 bits per heavy atom. The van der Waals surface area contributed by atoms with Gasteiger partial charge in [-0.15, -0.1) is 0 Å². The van der Waals surface area contributed by atoms with Crippen molar-refractivity contribution in [2.24, 2.45) is 0 Å². The van der Waals surface area contributed by atoms with Crippen LogP contribution in [0.25, 0.3) is 0 Å². The molecule has 1 saturated heterocycles. The summed E-state index contributed by atoms with van der Waals surface area (Å²) in [5, 5.41) is 5.93. The molecule has 1 heterocycles. The number of hydrogen-bond donors (Lipinski definition) is 2. The first kappa shape index (κ1) is 19.3. The van der Waals surface area contributed by atoms with Crippen molar-refractivity contribution < 1.29 is 18.0 Å². The van der Waals surface area contributed by atoms with Crippen molar-refractivity contribution in [3.63, 3.8) is 0 Å². The van der Waals surface area contributed by atoms with Gasteiger partial charge in [-0.2, -0.15) is 4.31 Å². The molecule has 27 heavy (non-hydrogen) atoms.